The van der Waals surface area contributed by atoms with Crippen molar-refractivity contribution in [3.8, 4) is 0 Å². The molecule has 1 fully saturated rings. The van der Waals surface area contributed by atoms with Crippen LogP contribution in [0.4, 0.5) is 5.69 Å². The molecule has 5 nitrogen and oxygen atoms in total. The zero-order valence-electron chi connectivity index (χ0n) is 15.9. The molecular formula is C22H25N3O2. The summed E-state index contributed by atoms with van der Waals surface area (Å²) in [7, 11) is 0. The van der Waals surface area contributed by atoms with Gasteiger partial charge in [0.1, 0.15) is 11.4 Å². The van der Waals surface area contributed by atoms with Gasteiger partial charge in [-0.3, -0.25) is 9.59 Å². The fraction of sp³-hybridized carbons (Fsp3) is 0.409. The number of benzene rings is 1. The molecule has 0 radical (unpaired) electrons. The molecule has 2 aromatic rings. The van der Waals surface area contributed by atoms with Gasteiger partial charge in [-0.25, -0.2) is 4.98 Å². The highest BCUT2D eigenvalue weighted by Crippen LogP contribution is 2.32. The molecule has 1 unspecified atom stereocenters. The fourth-order valence-electron chi connectivity index (χ4n) is 4.05. The van der Waals surface area contributed by atoms with Gasteiger partial charge in [0.05, 0.1) is 0 Å². The molecule has 1 aromatic carbocycles. The van der Waals surface area contributed by atoms with Crippen molar-refractivity contribution in [1.82, 2.24) is 9.88 Å². The summed E-state index contributed by atoms with van der Waals surface area (Å²) in [6.45, 7) is 5.78. The zero-order valence-corrected chi connectivity index (χ0v) is 15.9. The van der Waals surface area contributed by atoms with Gasteiger partial charge in [0.25, 0.3) is 11.8 Å². The highest BCUT2D eigenvalue weighted by Gasteiger charge is 2.32. The smallest absolute Gasteiger partial charge is 0.277 e. The minimum absolute atomic E-state index is 0.0774. The minimum Gasteiger partial charge on any atom is -0.337 e. The molecule has 1 atom stereocenters. The normalized spacial score (nSPS) is 19.9. The number of fused-ring (bicyclic) bond motifs is 1. The lowest BCUT2D eigenvalue weighted by Gasteiger charge is -2.30. The minimum atomic E-state index is -0.144. The molecule has 3 heterocycles. The number of pyridine rings is 1. The number of anilines is 1. The topological polar surface area (TPSA) is 53.5 Å². The van der Waals surface area contributed by atoms with Crippen LogP contribution in [0.3, 0.4) is 0 Å². The van der Waals surface area contributed by atoms with E-state index in [9.17, 15) is 9.59 Å². The number of aromatic nitrogens is 1. The van der Waals surface area contributed by atoms with Crippen molar-refractivity contribution >= 4 is 17.5 Å². The van der Waals surface area contributed by atoms with E-state index in [4.69, 9.17) is 0 Å². The van der Waals surface area contributed by atoms with Crippen molar-refractivity contribution < 1.29 is 9.59 Å². The van der Waals surface area contributed by atoms with Crippen molar-refractivity contribution in [3.63, 3.8) is 0 Å². The largest absolute Gasteiger partial charge is 0.337 e. The predicted octanol–water partition coefficient (Wildman–Crippen LogP) is 3.55. The number of carbonyl (C=O) groups excluding carboxylic acids is 2. The number of piperidine rings is 1. The van der Waals surface area contributed by atoms with Crippen LogP contribution in [0.2, 0.25) is 0 Å². The maximum absolute atomic E-state index is 13.2. The van der Waals surface area contributed by atoms with E-state index < -0.39 is 0 Å². The molecule has 2 aliphatic heterocycles. The van der Waals surface area contributed by atoms with Gasteiger partial charge < -0.3 is 9.80 Å². The van der Waals surface area contributed by atoms with E-state index >= 15 is 0 Å². The van der Waals surface area contributed by atoms with Crippen molar-refractivity contribution in [1.29, 1.82) is 0 Å². The van der Waals surface area contributed by atoms with Crippen molar-refractivity contribution in [2.24, 2.45) is 5.92 Å². The van der Waals surface area contributed by atoms with Gasteiger partial charge in [0.2, 0.25) is 0 Å². The first-order chi connectivity index (χ1) is 13.0. The first-order valence-electron chi connectivity index (χ1n) is 9.72. The van der Waals surface area contributed by atoms with Crippen LogP contribution in [0.5, 0.6) is 0 Å². The molecule has 4 rings (SSSR count). The van der Waals surface area contributed by atoms with Crippen molar-refractivity contribution in [3.05, 3.63) is 59.4 Å². The highest BCUT2D eigenvalue weighted by molar-refractivity contribution is 6.07. The molecule has 140 valence electrons. The van der Waals surface area contributed by atoms with Gasteiger partial charge in [-0.15, -0.1) is 0 Å². The van der Waals surface area contributed by atoms with Crippen molar-refractivity contribution in [2.45, 2.75) is 39.2 Å². The molecule has 0 spiro atoms. The van der Waals surface area contributed by atoms with E-state index in [2.05, 4.69) is 18.0 Å². The lowest BCUT2D eigenvalue weighted by atomic mass is 9.99. The molecule has 0 N–H and O–H groups in total. The number of hydrogen-bond donors (Lipinski definition) is 0. The van der Waals surface area contributed by atoms with Crippen LogP contribution in [0.15, 0.2) is 42.5 Å². The molecule has 0 saturated carbocycles. The number of amides is 2. The van der Waals surface area contributed by atoms with E-state index in [0.717, 1.165) is 38.0 Å². The maximum Gasteiger partial charge on any atom is 0.277 e. The third-order valence-electron chi connectivity index (χ3n) is 5.68. The third-order valence-corrected chi connectivity index (χ3v) is 5.68. The van der Waals surface area contributed by atoms with Crippen molar-refractivity contribution in [2.75, 3.05) is 18.0 Å². The van der Waals surface area contributed by atoms with Crippen LogP contribution in [-0.2, 0) is 6.42 Å². The summed E-state index contributed by atoms with van der Waals surface area (Å²) in [5, 5.41) is 0. The second-order valence-corrected chi connectivity index (χ2v) is 7.74. The molecular weight excluding hydrogens is 338 g/mol. The Kier molecular flexibility index (Phi) is 4.68. The van der Waals surface area contributed by atoms with E-state index in [-0.39, 0.29) is 17.9 Å². The summed E-state index contributed by atoms with van der Waals surface area (Å²) in [5.41, 5.74) is 2.80. The van der Waals surface area contributed by atoms with Crippen LogP contribution in [0, 0.1) is 5.92 Å². The molecule has 0 bridgehead atoms. The number of para-hydroxylation sites is 1. The van der Waals surface area contributed by atoms with Crippen LogP contribution in [-0.4, -0.2) is 40.8 Å². The van der Waals surface area contributed by atoms with Gasteiger partial charge in [0, 0.05) is 24.8 Å². The third kappa shape index (κ3) is 3.34. The standard InChI is InChI=1S/C22H25N3O2/c1-15-10-12-24(13-11-15)21(26)18-7-5-8-19(23-18)22(27)25-16(2)14-17-6-3-4-9-20(17)25/h3-9,15-16H,10-14H2,1-2H3. The highest BCUT2D eigenvalue weighted by atomic mass is 16.2. The Balaban J connectivity index is 1.57. The number of rotatable bonds is 2. The SMILES string of the molecule is CC1CCN(C(=O)c2cccc(C(=O)N3c4ccccc4CC3C)n2)CC1. The van der Waals surface area contributed by atoms with Gasteiger partial charge in [-0.2, -0.15) is 0 Å². The van der Waals surface area contributed by atoms with Gasteiger partial charge in [-0.05, 0) is 55.9 Å². The Morgan fingerprint density at radius 3 is 2.33 bits per heavy atom. The Morgan fingerprint density at radius 1 is 0.926 bits per heavy atom. The Labute approximate surface area is 160 Å². The summed E-state index contributed by atoms with van der Waals surface area (Å²) in [6, 6.07) is 13.2. The average Bonchev–Trinajstić information content (AvgIpc) is 3.03. The summed E-state index contributed by atoms with van der Waals surface area (Å²) < 4.78 is 0. The number of likely N-dealkylation sites (tertiary alicyclic amines) is 1. The second kappa shape index (κ2) is 7.14. The molecule has 1 aromatic heterocycles. The lowest BCUT2D eigenvalue weighted by molar-refractivity contribution is 0.0691. The van der Waals surface area contributed by atoms with E-state index in [0.29, 0.717) is 17.3 Å². The molecule has 1 saturated heterocycles. The summed E-state index contributed by atoms with van der Waals surface area (Å²) in [4.78, 5) is 34.0. The van der Waals surface area contributed by atoms with E-state index in [1.165, 1.54) is 5.56 Å². The maximum atomic E-state index is 13.2. The summed E-state index contributed by atoms with van der Waals surface area (Å²) in [5.74, 6) is 0.437. The molecule has 27 heavy (non-hydrogen) atoms. The van der Waals surface area contributed by atoms with Gasteiger partial charge in [0.15, 0.2) is 0 Å². The van der Waals surface area contributed by atoms with Crippen LogP contribution >= 0.6 is 0 Å². The summed E-state index contributed by atoms with van der Waals surface area (Å²) in [6.07, 6.45) is 2.88. The Bertz CT molecular complexity index is 871. The first-order valence-corrected chi connectivity index (χ1v) is 9.72. The number of nitrogens with zero attached hydrogens (tertiary/aromatic N) is 3. The zero-order chi connectivity index (χ0) is 19.0. The number of hydrogen-bond acceptors (Lipinski definition) is 3. The molecule has 2 amide bonds. The molecule has 5 heteroatoms. The number of carbonyl (C=O) groups is 2. The fourth-order valence-corrected chi connectivity index (χ4v) is 4.05. The predicted molar refractivity (Wildman–Crippen MR) is 105 cm³/mol. The Hall–Kier alpha value is -2.69. The second-order valence-electron chi connectivity index (χ2n) is 7.74. The monoisotopic (exact) mass is 363 g/mol. The average molecular weight is 363 g/mol. The quantitative estimate of drug-likeness (QED) is 0.820. The van der Waals surface area contributed by atoms with Crippen LogP contribution in [0.1, 0.15) is 53.2 Å². The van der Waals surface area contributed by atoms with Crippen LogP contribution in [0.25, 0.3) is 0 Å². The van der Waals surface area contributed by atoms with E-state index in [1.54, 1.807) is 23.1 Å². The van der Waals surface area contributed by atoms with Crippen LogP contribution < -0.4 is 4.90 Å². The van der Waals surface area contributed by atoms with Gasteiger partial charge in [-0.1, -0.05) is 31.2 Å². The van der Waals surface area contributed by atoms with E-state index in [1.807, 2.05) is 30.0 Å². The molecule has 0 aliphatic carbocycles. The first kappa shape index (κ1) is 17.7. The summed E-state index contributed by atoms with van der Waals surface area (Å²) >= 11 is 0. The Morgan fingerprint density at radius 2 is 1.59 bits per heavy atom. The molecule has 2 aliphatic rings. The lowest BCUT2D eigenvalue weighted by Crippen LogP contribution is -2.39. The van der Waals surface area contributed by atoms with Gasteiger partial charge >= 0.3 is 0 Å².